The number of hydrogen-bond acceptors (Lipinski definition) is 3. The van der Waals surface area contributed by atoms with E-state index in [0.29, 0.717) is 22.0 Å². The van der Waals surface area contributed by atoms with Crippen LogP contribution in [-0.4, -0.2) is 24.1 Å². The number of anilines is 2. The molecule has 0 bridgehead atoms. The van der Waals surface area contributed by atoms with Crippen molar-refractivity contribution < 1.29 is 14.4 Å². The summed E-state index contributed by atoms with van der Waals surface area (Å²) >= 11 is 6.22. The minimum absolute atomic E-state index is 0.0411. The predicted molar refractivity (Wildman–Crippen MR) is 109 cm³/mol. The molecule has 1 N–H and O–H groups in total. The van der Waals surface area contributed by atoms with Gasteiger partial charge in [-0.05, 0) is 62.2 Å². The van der Waals surface area contributed by atoms with E-state index in [-0.39, 0.29) is 30.6 Å². The fourth-order valence-corrected chi connectivity index (χ4v) is 3.20. The van der Waals surface area contributed by atoms with E-state index in [1.807, 2.05) is 19.9 Å². The quantitative estimate of drug-likeness (QED) is 0.741. The lowest BCUT2D eigenvalue weighted by molar-refractivity contribution is -0.117. The molecule has 6 heteroatoms. The Labute approximate surface area is 164 Å². The van der Waals surface area contributed by atoms with E-state index in [2.05, 4.69) is 5.32 Å². The van der Waals surface area contributed by atoms with Crippen LogP contribution in [0.1, 0.15) is 41.8 Å². The molecule has 142 valence electrons. The number of hydrogen-bond donors (Lipinski definition) is 1. The minimum atomic E-state index is -0.226. The molecule has 0 spiro atoms. The Hall–Kier alpha value is -2.66. The summed E-state index contributed by atoms with van der Waals surface area (Å²) < 4.78 is 0. The van der Waals surface area contributed by atoms with Gasteiger partial charge in [0.1, 0.15) is 0 Å². The van der Waals surface area contributed by atoms with E-state index in [1.165, 1.54) is 18.7 Å². The van der Waals surface area contributed by atoms with Gasteiger partial charge < -0.3 is 10.2 Å². The molecule has 0 fully saturated rings. The number of nitrogens with zero attached hydrogens (tertiary/aromatic N) is 1. The average Bonchev–Trinajstić information content (AvgIpc) is 2.58. The van der Waals surface area contributed by atoms with Crippen LogP contribution in [0.2, 0.25) is 5.02 Å². The molecule has 0 aliphatic heterocycles. The molecule has 0 heterocycles. The van der Waals surface area contributed by atoms with Crippen molar-refractivity contribution >= 4 is 40.6 Å². The summed E-state index contributed by atoms with van der Waals surface area (Å²) in [5, 5.41) is 3.31. The number of Topliss-reactive ketones (excluding diaryl/α,β-unsaturated/α-hetero) is 1. The third-order valence-electron chi connectivity index (χ3n) is 4.22. The number of ketones is 1. The lowest BCUT2D eigenvalue weighted by Crippen LogP contribution is -2.32. The molecular formula is C21H23ClN2O3. The Morgan fingerprint density at radius 1 is 1.04 bits per heavy atom. The molecule has 0 aliphatic carbocycles. The van der Waals surface area contributed by atoms with Gasteiger partial charge in [0, 0.05) is 31.1 Å². The number of benzene rings is 2. The number of carbonyl (C=O) groups excluding carboxylic acids is 3. The van der Waals surface area contributed by atoms with Gasteiger partial charge in [-0.3, -0.25) is 14.4 Å². The summed E-state index contributed by atoms with van der Waals surface area (Å²) in [4.78, 5) is 37.2. The molecule has 0 aromatic heterocycles. The Bertz CT molecular complexity index is 852. The minimum Gasteiger partial charge on any atom is -0.324 e. The summed E-state index contributed by atoms with van der Waals surface area (Å²) in [7, 11) is 0. The van der Waals surface area contributed by atoms with Gasteiger partial charge in [-0.15, -0.1) is 0 Å². The van der Waals surface area contributed by atoms with Crippen LogP contribution in [0, 0.1) is 13.8 Å². The van der Waals surface area contributed by atoms with Crippen molar-refractivity contribution in [3.8, 4) is 0 Å². The fourth-order valence-electron chi connectivity index (χ4n) is 2.83. The zero-order valence-electron chi connectivity index (χ0n) is 15.9. The number of amides is 2. The number of carbonyl (C=O) groups is 3. The van der Waals surface area contributed by atoms with Crippen LogP contribution in [0.15, 0.2) is 36.4 Å². The summed E-state index contributed by atoms with van der Waals surface area (Å²) in [5.74, 6) is -0.445. The zero-order chi connectivity index (χ0) is 20.1. The molecule has 0 radical (unpaired) electrons. The van der Waals surface area contributed by atoms with E-state index in [0.717, 1.165) is 11.1 Å². The van der Waals surface area contributed by atoms with Gasteiger partial charge in [-0.1, -0.05) is 17.7 Å². The molecule has 2 rings (SSSR count). The van der Waals surface area contributed by atoms with Crippen LogP contribution in [0.25, 0.3) is 0 Å². The van der Waals surface area contributed by atoms with Gasteiger partial charge >= 0.3 is 0 Å². The van der Waals surface area contributed by atoms with E-state index in [9.17, 15) is 14.4 Å². The van der Waals surface area contributed by atoms with Crippen LogP contribution in [0.4, 0.5) is 11.4 Å². The third kappa shape index (κ3) is 5.41. The number of rotatable bonds is 6. The van der Waals surface area contributed by atoms with Gasteiger partial charge in [-0.25, -0.2) is 0 Å². The van der Waals surface area contributed by atoms with Gasteiger partial charge in [0.15, 0.2) is 5.78 Å². The molecule has 0 atom stereocenters. The van der Waals surface area contributed by atoms with Gasteiger partial charge in [0.25, 0.3) is 0 Å². The standard InChI is InChI=1S/C21H23ClN2O3/c1-13-11-14(2)21(19(22)12-13)23-20(27)9-10-24(16(4)26)18-7-5-17(6-8-18)15(3)25/h5-8,11-12H,9-10H2,1-4H3,(H,23,27). The van der Waals surface area contributed by atoms with Crippen molar-refractivity contribution in [1.82, 2.24) is 0 Å². The number of nitrogens with one attached hydrogen (secondary N) is 1. The van der Waals surface area contributed by atoms with Gasteiger partial charge in [0.2, 0.25) is 11.8 Å². The van der Waals surface area contributed by atoms with Crippen molar-refractivity contribution in [2.24, 2.45) is 0 Å². The number of aryl methyl sites for hydroxylation is 2. The zero-order valence-corrected chi connectivity index (χ0v) is 16.7. The summed E-state index contributed by atoms with van der Waals surface area (Å²) in [6, 6.07) is 10.5. The fraction of sp³-hybridized carbons (Fsp3) is 0.286. The highest BCUT2D eigenvalue weighted by atomic mass is 35.5. The van der Waals surface area contributed by atoms with E-state index < -0.39 is 0 Å². The summed E-state index contributed by atoms with van der Waals surface area (Å²) in [6.45, 7) is 6.97. The second kappa shape index (κ2) is 8.82. The molecule has 27 heavy (non-hydrogen) atoms. The molecule has 0 aliphatic rings. The second-order valence-corrected chi connectivity index (χ2v) is 6.92. The molecular weight excluding hydrogens is 364 g/mol. The maximum Gasteiger partial charge on any atom is 0.226 e. The summed E-state index contributed by atoms with van der Waals surface area (Å²) in [5.41, 5.74) is 3.71. The van der Waals surface area contributed by atoms with Crippen LogP contribution in [0.3, 0.4) is 0 Å². The van der Waals surface area contributed by atoms with Crippen molar-refractivity contribution in [3.05, 3.63) is 58.1 Å². The topological polar surface area (TPSA) is 66.5 Å². The second-order valence-electron chi connectivity index (χ2n) is 6.51. The van der Waals surface area contributed by atoms with E-state index in [1.54, 1.807) is 30.3 Å². The Morgan fingerprint density at radius 3 is 2.19 bits per heavy atom. The number of halogens is 1. The predicted octanol–water partition coefficient (Wildman–Crippen LogP) is 4.54. The molecule has 0 unspecified atom stereocenters. The highest BCUT2D eigenvalue weighted by Crippen LogP contribution is 2.27. The Balaban J connectivity index is 2.06. The van der Waals surface area contributed by atoms with Crippen LogP contribution < -0.4 is 10.2 Å². The average molecular weight is 387 g/mol. The molecule has 0 saturated carbocycles. The van der Waals surface area contributed by atoms with Crippen molar-refractivity contribution in [2.45, 2.75) is 34.1 Å². The Morgan fingerprint density at radius 2 is 1.67 bits per heavy atom. The third-order valence-corrected chi connectivity index (χ3v) is 4.52. The summed E-state index contributed by atoms with van der Waals surface area (Å²) in [6.07, 6.45) is 0.123. The smallest absolute Gasteiger partial charge is 0.226 e. The molecule has 2 amide bonds. The Kier molecular flexibility index (Phi) is 6.75. The maximum absolute atomic E-state index is 12.4. The molecule has 5 nitrogen and oxygen atoms in total. The van der Waals surface area contributed by atoms with Crippen molar-refractivity contribution in [2.75, 3.05) is 16.8 Å². The normalized spacial score (nSPS) is 10.4. The lowest BCUT2D eigenvalue weighted by atomic mass is 10.1. The molecule has 2 aromatic rings. The van der Waals surface area contributed by atoms with Crippen LogP contribution in [0.5, 0.6) is 0 Å². The van der Waals surface area contributed by atoms with Crippen molar-refractivity contribution in [1.29, 1.82) is 0 Å². The van der Waals surface area contributed by atoms with Gasteiger partial charge in [0.05, 0.1) is 10.7 Å². The monoisotopic (exact) mass is 386 g/mol. The van der Waals surface area contributed by atoms with Crippen LogP contribution in [-0.2, 0) is 9.59 Å². The highest BCUT2D eigenvalue weighted by molar-refractivity contribution is 6.34. The van der Waals surface area contributed by atoms with Crippen molar-refractivity contribution in [3.63, 3.8) is 0 Å². The largest absolute Gasteiger partial charge is 0.324 e. The van der Waals surface area contributed by atoms with E-state index >= 15 is 0 Å². The first kappa shape index (κ1) is 20.6. The molecule has 0 saturated heterocycles. The SMILES string of the molecule is CC(=O)c1ccc(N(CCC(=O)Nc2c(C)cc(C)cc2Cl)C(C)=O)cc1. The first-order valence-electron chi connectivity index (χ1n) is 8.64. The molecule has 2 aromatic carbocycles. The lowest BCUT2D eigenvalue weighted by Gasteiger charge is -2.21. The van der Waals surface area contributed by atoms with E-state index in [4.69, 9.17) is 11.6 Å². The van der Waals surface area contributed by atoms with Crippen LogP contribution >= 0.6 is 11.6 Å². The highest BCUT2D eigenvalue weighted by Gasteiger charge is 2.15. The van der Waals surface area contributed by atoms with Gasteiger partial charge in [-0.2, -0.15) is 0 Å². The maximum atomic E-state index is 12.4. The first-order chi connectivity index (χ1) is 12.7. The first-order valence-corrected chi connectivity index (χ1v) is 9.02.